The zero-order valence-electron chi connectivity index (χ0n) is 44.3. The second kappa shape index (κ2) is 22.5. The average molecular weight is 1090 g/mol. The van der Waals surface area contributed by atoms with Crippen LogP contribution in [0.15, 0.2) is 50.1 Å². The van der Waals surface area contributed by atoms with Crippen molar-refractivity contribution < 1.29 is 25.2 Å². The van der Waals surface area contributed by atoms with E-state index in [1.54, 1.807) is 21.9 Å². The van der Waals surface area contributed by atoms with Gasteiger partial charge < -0.3 is 69.8 Å². The van der Waals surface area contributed by atoms with Gasteiger partial charge in [-0.05, 0) is 58.8 Å². The maximum atomic E-state index is 14.2. The topological polar surface area (TPSA) is 337 Å². The second-order valence-corrected chi connectivity index (χ2v) is 21.0. The highest BCUT2D eigenvalue weighted by Crippen LogP contribution is 2.41. The van der Waals surface area contributed by atoms with Gasteiger partial charge in [-0.2, -0.15) is 49.9 Å². The van der Waals surface area contributed by atoms with Gasteiger partial charge >= 0.3 is 6.03 Å². The number of amides is 2. The van der Waals surface area contributed by atoms with Crippen molar-refractivity contribution in [2.75, 3.05) is 60.5 Å². The molecule has 12 rings (SSSR count). The molecule has 29 heteroatoms. The summed E-state index contributed by atoms with van der Waals surface area (Å²) in [6.45, 7) is 8.63. The maximum Gasteiger partial charge on any atom is 0.320 e. The molecule has 8 N–H and O–H groups in total. The Morgan fingerprint density at radius 1 is 0.595 bits per heavy atom. The summed E-state index contributed by atoms with van der Waals surface area (Å²) >= 11 is 0. The number of anilines is 4. The Balaban J connectivity index is 0.710. The number of piperidine rings is 1. The summed E-state index contributed by atoms with van der Waals surface area (Å²) in [4.78, 5) is 59.7. The number of likely N-dealkylation sites (tertiary alicyclic amines) is 2. The van der Waals surface area contributed by atoms with Crippen LogP contribution in [0.5, 0.6) is 0 Å². The number of imidazole rings is 4. The third kappa shape index (κ3) is 10.7. The van der Waals surface area contributed by atoms with E-state index in [1.807, 2.05) is 39.5 Å². The summed E-state index contributed by atoms with van der Waals surface area (Å²) in [6, 6.07) is -1.18. The van der Waals surface area contributed by atoms with Crippen molar-refractivity contribution in [2.24, 2.45) is 0 Å². The van der Waals surface area contributed by atoms with Crippen molar-refractivity contribution in [3.8, 4) is 0 Å². The van der Waals surface area contributed by atoms with Crippen LogP contribution in [0.1, 0.15) is 106 Å². The first-order chi connectivity index (χ1) is 38.6. The molecule has 8 aromatic rings. The molecule has 4 fully saturated rings. The Bertz CT molecular complexity index is 3370. The standard InChI is InChI=1S/C50H68N24O5/c1-3-67-21-31(53-26-67)7-12-51-48-62-45(40-46(63-48)71(28-55-40)36-5-6-37(17-36)73-57-19-34(24-75)65-73)60-33-11-16-70(23-33)50(79)69-14-9-30(10-15-69)59-44-41-47(64-49(61-44)52-13-8-32-22-68(4-2)27-54-32)72(29-56-41)38-18-39(43(78)42(38)77)74-58-20-35(25-76)66-74/h19-22,26-30,33,36-39,42-43,75-78H,3-18,23-25H2,1-2H3,(H2,51,60,62,63)(H2,52,59,61,64)/t33-,36+,37-,38-,39+,42+,43-/m1/s1. The van der Waals surface area contributed by atoms with E-state index >= 15 is 0 Å². The summed E-state index contributed by atoms with van der Waals surface area (Å²) < 4.78 is 7.99. The van der Waals surface area contributed by atoms with Crippen molar-refractivity contribution in [2.45, 2.75) is 146 Å². The fraction of sp³-hybridized carbons (Fsp3) is 0.580. The van der Waals surface area contributed by atoms with E-state index in [1.165, 1.54) is 11.0 Å². The number of carbonyl (C=O) groups is 1. The van der Waals surface area contributed by atoms with Crippen LogP contribution in [-0.4, -0.2) is 188 Å². The lowest BCUT2D eigenvalue weighted by Crippen LogP contribution is -2.48. The summed E-state index contributed by atoms with van der Waals surface area (Å²) in [7, 11) is 0. The Morgan fingerprint density at radius 2 is 1.14 bits per heavy atom. The Labute approximate surface area is 453 Å². The number of aliphatic hydroxyl groups excluding tert-OH is 4. The van der Waals surface area contributed by atoms with Gasteiger partial charge in [-0.15, -0.1) is 0 Å². The molecule has 7 atom stereocenters. The molecule has 2 saturated carbocycles. The van der Waals surface area contributed by atoms with Gasteiger partial charge in [0.05, 0.1) is 74.4 Å². The molecule has 2 aliphatic carbocycles. The van der Waals surface area contributed by atoms with Gasteiger partial charge in [-0.25, -0.2) is 24.7 Å². The summed E-state index contributed by atoms with van der Waals surface area (Å²) in [6.07, 6.45) is 18.1. The number of aromatic nitrogens is 18. The van der Waals surface area contributed by atoms with Gasteiger partial charge in [0.15, 0.2) is 34.0 Å². The highest BCUT2D eigenvalue weighted by Gasteiger charge is 2.45. The molecule has 10 heterocycles. The molecule has 0 spiro atoms. The van der Waals surface area contributed by atoms with Crippen molar-refractivity contribution in [3.63, 3.8) is 0 Å². The van der Waals surface area contributed by atoms with Crippen LogP contribution < -0.4 is 21.3 Å². The van der Waals surface area contributed by atoms with Gasteiger partial charge in [0.2, 0.25) is 11.9 Å². The monoisotopic (exact) mass is 1080 g/mol. The number of fused-ring (bicyclic) bond motifs is 2. The third-order valence-corrected chi connectivity index (χ3v) is 16.0. The minimum absolute atomic E-state index is 0.00626. The summed E-state index contributed by atoms with van der Waals surface area (Å²) in [5.41, 5.74) is 5.19. The van der Waals surface area contributed by atoms with Crippen LogP contribution in [0.4, 0.5) is 28.3 Å². The van der Waals surface area contributed by atoms with Crippen molar-refractivity contribution >= 4 is 51.9 Å². The molecule has 0 aromatic carbocycles. The maximum absolute atomic E-state index is 14.2. The largest absolute Gasteiger partial charge is 0.390 e. The van der Waals surface area contributed by atoms with Crippen LogP contribution in [0.3, 0.4) is 0 Å². The average Bonchev–Trinajstić information content (AvgIpc) is 4.52. The van der Waals surface area contributed by atoms with E-state index in [0.717, 1.165) is 55.8 Å². The molecule has 79 heavy (non-hydrogen) atoms. The minimum atomic E-state index is -1.18. The van der Waals surface area contributed by atoms with Crippen LogP contribution in [0, 0.1) is 0 Å². The van der Waals surface area contributed by atoms with Crippen LogP contribution in [-0.2, 0) is 39.1 Å². The molecule has 418 valence electrons. The lowest BCUT2D eigenvalue weighted by Gasteiger charge is -2.35. The van der Waals surface area contributed by atoms with Gasteiger partial charge in [-0.3, -0.25) is 0 Å². The molecule has 0 unspecified atom stereocenters. The van der Waals surface area contributed by atoms with Crippen molar-refractivity contribution in [1.29, 1.82) is 0 Å². The number of nitrogens with one attached hydrogen (secondary N) is 4. The van der Waals surface area contributed by atoms with Gasteiger partial charge in [0, 0.05) is 95.7 Å². The first-order valence-electron chi connectivity index (χ1n) is 27.6. The van der Waals surface area contributed by atoms with E-state index in [2.05, 4.69) is 80.8 Å². The Morgan fingerprint density at radius 3 is 1.75 bits per heavy atom. The quantitative estimate of drug-likeness (QED) is 0.0540. The van der Waals surface area contributed by atoms with E-state index < -0.39 is 24.3 Å². The number of urea groups is 1. The van der Waals surface area contributed by atoms with Crippen LogP contribution in [0.25, 0.3) is 22.3 Å². The number of carbonyl (C=O) groups excluding carboxylic acids is 1. The van der Waals surface area contributed by atoms with E-state index in [0.29, 0.717) is 117 Å². The van der Waals surface area contributed by atoms with Crippen molar-refractivity contribution in [1.82, 2.24) is 97.9 Å². The molecular formula is C50H68N24O5. The number of nitrogens with zero attached hydrogens (tertiary/aromatic N) is 20. The molecule has 2 aliphatic heterocycles. The second-order valence-electron chi connectivity index (χ2n) is 21.0. The lowest BCUT2D eigenvalue weighted by atomic mass is 10.1. The SMILES string of the molecule is CCn1cnc(CCNc2nc(N[C@@H]3CCN(C(=O)N4CCC(Nc5nc(NCCc6cn(CC)cn6)nc6c5ncn6[C@@H]5C[C@H](n6ncc(CO)n6)[C@@H](O)[C@H]5O)CC4)C3)c3ncn([C@H]4CC[C@@H](n5ncc(CO)n5)C4)c3n2)c1. The Kier molecular flexibility index (Phi) is 14.7. The number of hydrogen-bond acceptors (Lipinski definition) is 21. The Hall–Kier alpha value is -7.89. The molecule has 2 amide bonds. The first kappa shape index (κ1) is 51.8. The molecule has 0 radical (unpaired) electrons. The van der Waals surface area contributed by atoms with Crippen LogP contribution >= 0.6 is 0 Å². The number of aliphatic hydroxyl groups is 4. The number of rotatable bonds is 20. The van der Waals surface area contributed by atoms with E-state index in [4.69, 9.17) is 29.9 Å². The highest BCUT2D eigenvalue weighted by atomic mass is 16.3. The zero-order valence-corrected chi connectivity index (χ0v) is 44.3. The predicted octanol–water partition coefficient (Wildman–Crippen LogP) is 1.93. The normalized spacial score (nSPS) is 22.7. The van der Waals surface area contributed by atoms with E-state index in [-0.39, 0.29) is 49.8 Å². The fourth-order valence-electron chi connectivity index (χ4n) is 11.6. The van der Waals surface area contributed by atoms with Gasteiger partial charge in [0.25, 0.3) is 0 Å². The van der Waals surface area contributed by atoms with E-state index in [9.17, 15) is 25.2 Å². The first-order valence-corrected chi connectivity index (χ1v) is 27.6. The van der Waals surface area contributed by atoms with Crippen molar-refractivity contribution in [3.05, 3.63) is 72.9 Å². The predicted molar refractivity (Wildman–Crippen MR) is 287 cm³/mol. The van der Waals surface area contributed by atoms with Gasteiger partial charge in [-0.1, -0.05) is 0 Å². The molecule has 2 saturated heterocycles. The molecule has 4 aliphatic rings. The number of aryl methyl sites for hydroxylation is 2. The zero-order chi connectivity index (χ0) is 54.1. The molecule has 29 nitrogen and oxygen atoms in total. The van der Waals surface area contributed by atoms with Gasteiger partial charge in [0.1, 0.15) is 29.6 Å². The summed E-state index contributed by atoms with van der Waals surface area (Å²) in [5.74, 6) is 1.98. The lowest BCUT2D eigenvalue weighted by molar-refractivity contribution is 0.00491. The minimum Gasteiger partial charge on any atom is -0.390 e. The smallest absolute Gasteiger partial charge is 0.320 e. The van der Waals surface area contributed by atoms with Crippen LogP contribution in [0.2, 0.25) is 0 Å². The fourth-order valence-corrected chi connectivity index (χ4v) is 11.6. The highest BCUT2D eigenvalue weighted by molar-refractivity contribution is 5.86. The number of hydrogen-bond donors (Lipinski definition) is 8. The third-order valence-electron chi connectivity index (χ3n) is 16.0. The molecule has 8 aromatic heterocycles. The summed E-state index contributed by atoms with van der Waals surface area (Å²) in [5, 5.41) is 73.4. The molecular weight excluding hydrogens is 1020 g/mol. The molecule has 0 bridgehead atoms.